The molecule has 1 aromatic heterocycles. The lowest BCUT2D eigenvalue weighted by Crippen LogP contribution is -2.12. The van der Waals surface area contributed by atoms with E-state index in [0.29, 0.717) is 11.1 Å². The van der Waals surface area contributed by atoms with E-state index >= 15 is 0 Å². The van der Waals surface area contributed by atoms with Gasteiger partial charge >= 0.3 is 0 Å². The molecule has 100 valence electrons. The first kappa shape index (κ1) is 13.4. The van der Waals surface area contributed by atoms with Crippen molar-refractivity contribution < 1.29 is 13.9 Å². The van der Waals surface area contributed by atoms with Gasteiger partial charge in [0.1, 0.15) is 5.75 Å². The quantitative estimate of drug-likeness (QED) is 0.806. The van der Waals surface area contributed by atoms with Gasteiger partial charge < -0.3 is 14.9 Å². The molecule has 2 rings (SSSR count). The van der Waals surface area contributed by atoms with E-state index < -0.39 is 5.91 Å². The van der Waals surface area contributed by atoms with Crippen molar-refractivity contribution in [1.29, 1.82) is 0 Å². The first-order chi connectivity index (χ1) is 9.15. The fourth-order valence-electron chi connectivity index (χ4n) is 1.35. The summed E-state index contributed by atoms with van der Waals surface area (Å²) in [6.45, 7) is 2.15. The van der Waals surface area contributed by atoms with Crippen molar-refractivity contribution >= 4 is 17.7 Å². The summed E-state index contributed by atoms with van der Waals surface area (Å²) in [5, 5.41) is 7.91. The SMILES string of the molecule is Cc1ccccc1OCc1nnc(SCC(N)=O)o1. The summed E-state index contributed by atoms with van der Waals surface area (Å²) in [4.78, 5) is 10.6. The third-order valence-corrected chi connectivity index (χ3v) is 3.07. The Morgan fingerprint density at radius 1 is 1.42 bits per heavy atom. The van der Waals surface area contributed by atoms with Crippen molar-refractivity contribution in [3.63, 3.8) is 0 Å². The van der Waals surface area contributed by atoms with E-state index in [9.17, 15) is 4.79 Å². The molecule has 0 spiro atoms. The van der Waals surface area contributed by atoms with E-state index in [4.69, 9.17) is 14.9 Å². The standard InChI is InChI=1S/C12H13N3O3S/c1-8-4-2-3-5-9(8)17-6-11-14-15-12(18-11)19-7-10(13)16/h2-5H,6-7H2,1H3,(H2,13,16). The number of rotatable bonds is 6. The second-order valence-electron chi connectivity index (χ2n) is 3.77. The van der Waals surface area contributed by atoms with Crippen LogP contribution in [-0.4, -0.2) is 21.9 Å². The number of hydrogen-bond acceptors (Lipinski definition) is 6. The molecule has 2 N–H and O–H groups in total. The molecule has 0 atom stereocenters. The Labute approximate surface area is 114 Å². The van der Waals surface area contributed by atoms with Gasteiger partial charge in [-0.25, -0.2) is 0 Å². The number of thioether (sulfide) groups is 1. The van der Waals surface area contributed by atoms with Crippen LogP contribution in [0.5, 0.6) is 5.75 Å². The summed E-state index contributed by atoms with van der Waals surface area (Å²) in [5.41, 5.74) is 6.06. The summed E-state index contributed by atoms with van der Waals surface area (Å²) in [7, 11) is 0. The van der Waals surface area contributed by atoms with Crippen LogP contribution in [0.4, 0.5) is 0 Å². The van der Waals surface area contributed by atoms with Crippen molar-refractivity contribution in [2.45, 2.75) is 18.8 Å². The number of hydrogen-bond donors (Lipinski definition) is 1. The summed E-state index contributed by atoms with van der Waals surface area (Å²) >= 11 is 1.10. The first-order valence-corrected chi connectivity index (χ1v) is 6.55. The number of aromatic nitrogens is 2. The van der Waals surface area contributed by atoms with Gasteiger partial charge in [0.25, 0.3) is 11.1 Å². The molecule has 1 heterocycles. The Morgan fingerprint density at radius 2 is 2.21 bits per heavy atom. The van der Waals surface area contributed by atoms with Crippen LogP contribution in [-0.2, 0) is 11.4 Å². The zero-order valence-electron chi connectivity index (χ0n) is 10.3. The number of benzene rings is 1. The van der Waals surface area contributed by atoms with Gasteiger partial charge in [0.2, 0.25) is 5.91 Å². The van der Waals surface area contributed by atoms with Gasteiger partial charge in [0.15, 0.2) is 6.61 Å². The van der Waals surface area contributed by atoms with E-state index in [1.807, 2.05) is 31.2 Å². The third kappa shape index (κ3) is 3.99. The van der Waals surface area contributed by atoms with Crippen LogP contribution in [0.3, 0.4) is 0 Å². The average Bonchev–Trinajstić information content (AvgIpc) is 2.83. The number of aryl methyl sites for hydroxylation is 1. The van der Waals surface area contributed by atoms with E-state index in [-0.39, 0.29) is 12.4 Å². The number of nitrogens with zero attached hydrogens (tertiary/aromatic N) is 2. The summed E-state index contributed by atoms with van der Waals surface area (Å²) in [6, 6.07) is 7.66. The smallest absolute Gasteiger partial charge is 0.277 e. The van der Waals surface area contributed by atoms with Gasteiger partial charge in [0, 0.05) is 0 Å². The molecule has 1 amide bonds. The van der Waals surface area contributed by atoms with Crippen molar-refractivity contribution in [3.8, 4) is 5.75 Å². The Bertz CT molecular complexity index is 571. The van der Waals surface area contributed by atoms with Crippen LogP contribution in [0.15, 0.2) is 33.9 Å². The van der Waals surface area contributed by atoms with Crippen molar-refractivity contribution in [1.82, 2.24) is 10.2 Å². The molecule has 0 saturated carbocycles. The maximum Gasteiger partial charge on any atom is 0.277 e. The van der Waals surface area contributed by atoms with Crippen LogP contribution in [0.2, 0.25) is 0 Å². The molecule has 2 aromatic rings. The summed E-state index contributed by atoms with van der Waals surface area (Å²) in [5.74, 6) is 0.809. The minimum atomic E-state index is -0.430. The van der Waals surface area contributed by atoms with E-state index in [2.05, 4.69) is 10.2 Å². The van der Waals surface area contributed by atoms with Gasteiger partial charge in [0.05, 0.1) is 5.75 Å². The minimum Gasteiger partial charge on any atom is -0.484 e. The molecule has 0 radical (unpaired) electrons. The second kappa shape index (κ2) is 6.24. The molecule has 0 unspecified atom stereocenters. The van der Waals surface area contributed by atoms with Gasteiger partial charge in [-0.05, 0) is 18.6 Å². The molecular formula is C12H13N3O3S. The lowest BCUT2D eigenvalue weighted by molar-refractivity contribution is -0.115. The number of para-hydroxylation sites is 1. The number of carbonyl (C=O) groups excluding carboxylic acids is 1. The van der Waals surface area contributed by atoms with Crippen LogP contribution < -0.4 is 10.5 Å². The van der Waals surface area contributed by atoms with Crippen LogP contribution in [0.25, 0.3) is 0 Å². The van der Waals surface area contributed by atoms with Gasteiger partial charge in [-0.2, -0.15) is 0 Å². The molecule has 1 aromatic carbocycles. The highest BCUT2D eigenvalue weighted by Crippen LogP contribution is 2.19. The second-order valence-corrected chi connectivity index (χ2v) is 4.70. The third-order valence-electron chi connectivity index (χ3n) is 2.23. The van der Waals surface area contributed by atoms with Crippen LogP contribution in [0, 0.1) is 6.92 Å². The fraction of sp³-hybridized carbons (Fsp3) is 0.250. The molecule has 0 aliphatic rings. The Balaban J connectivity index is 1.90. The highest BCUT2D eigenvalue weighted by atomic mass is 32.2. The number of carbonyl (C=O) groups is 1. The maximum atomic E-state index is 10.6. The zero-order valence-corrected chi connectivity index (χ0v) is 11.1. The number of nitrogens with two attached hydrogens (primary N) is 1. The molecule has 0 aliphatic carbocycles. The topological polar surface area (TPSA) is 91.2 Å². The molecule has 0 bridgehead atoms. The Morgan fingerprint density at radius 3 is 2.95 bits per heavy atom. The molecular weight excluding hydrogens is 266 g/mol. The number of amides is 1. The monoisotopic (exact) mass is 279 g/mol. The van der Waals surface area contributed by atoms with Crippen molar-refractivity contribution in [2.24, 2.45) is 5.73 Å². The van der Waals surface area contributed by atoms with Crippen molar-refractivity contribution in [3.05, 3.63) is 35.7 Å². The Hall–Kier alpha value is -2.02. The predicted molar refractivity (Wildman–Crippen MR) is 69.7 cm³/mol. The van der Waals surface area contributed by atoms with E-state index in [1.165, 1.54) is 0 Å². The molecule has 0 saturated heterocycles. The van der Waals surface area contributed by atoms with E-state index in [0.717, 1.165) is 23.1 Å². The summed E-state index contributed by atoms with van der Waals surface area (Å²) in [6.07, 6.45) is 0. The first-order valence-electron chi connectivity index (χ1n) is 5.57. The normalized spacial score (nSPS) is 10.4. The maximum absolute atomic E-state index is 10.6. The number of primary amides is 1. The van der Waals surface area contributed by atoms with Crippen LogP contribution >= 0.6 is 11.8 Å². The highest BCUT2D eigenvalue weighted by molar-refractivity contribution is 7.99. The van der Waals surface area contributed by atoms with Gasteiger partial charge in [-0.1, -0.05) is 30.0 Å². The predicted octanol–water partition coefficient (Wildman–Crippen LogP) is 1.53. The fourth-order valence-corrected chi connectivity index (χ4v) is 1.87. The lowest BCUT2D eigenvalue weighted by atomic mass is 10.2. The average molecular weight is 279 g/mol. The molecule has 0 fully saturated rings. The van der Waals surface area contributed by atoms with Crippen molar-refractivity contribution in [2.75, 3.05) is 5.75 Å². The van der Waals surface area contributed by atoms with E-state index in [1.54, 1.807) is 0 Å². The highest BCUT2D eigenvalue weighted by Gasteiger charge is 2.09. The Kier molecular flexibility index (Phi) is 4.40. The van der Waals surface area contributed by atoms with Crippen LogP contribution in [0.1, 0.15) is 11.5 Å². The number of ether oxygens (including phenoxy) is 1. The molecule has 0 aliphatic heterocycles. The molecule has 7 heteroatoms. The van der Waals surface area contributed by atoms with Gasteiger partial charge in [-0.15, -0.1) is 10.2 Å². The zero-order chi connectivity index (χ0) is 13.7. The molecule has 6 nitrogen and oxygen atoms in total. The lowest BCUT2D eigenvalue weighted by Gasteiger charge is -2.05. The molecule has 19 heavy (non-hydrogen) atoms. The largest absolute Gasteiger partial charge is 0.484 e. The van der Waals surface area contributed by atoms with Gasteiger partial charge in [-0.3, -0.25) is 4.79 Å². The summed E-state index contributed by atoms with van der Waals surface area (Å²) < 4.78 is 10.9. The minimum absolute atomic E-state index is 0.111.